The van der Waals surface area contributed by atoms with Gasteiger partial charge in [0.2, 0.25) is 5.91 Å². The highest BCUT2D eigenvalue weighted by molar-refractivity contribution is 5.85. The zero-order valence-electron chi connectivity index (χ0n) is 12.4. The molecule has 4 nitrogen and oxygen atoms in total. The number of nitrogens with two attached hydrogens (primary N) is 1. The highest BCUT2D eigenvalue weighted by Gasteiger charge is 2.36. The van der Waals surface area contributed by atoms with Crippen molar-refractivity contribution in [3.8, 4) is 5.75 Å². The molecule has 1 saturated carbocycles. The van der Waals surface area contributed by atoms with Crippen molar-refractivity contribution in [1.29, 1.82) is 0 Å². The summed E-state index contributed by atoms with van der Waals surface area (Å²) in [5, 5.41) is 0. The molecule has 1 aliphatic heterocycles. The normalized spacial score (nSPS) is 20.2. The van der Waals surface area contributed by atoms with Crippen molar-refractivity contribution in [1.82, 2.24) is 4.90 Å². The number of piperidine rings is 1. The van der Waals surface area contributed by atoms with E-state index in [4.69, 9.17) is 10.5 Å². The van der Waals surface area contributed by atoms with Gasteiger partial charge in [0.25, 0.3) is 0 Å². The van der Waals surface area contributed by atoms with Crippen LogP contribution in [0.4, 0.5) is 4.39 Å². The van der Waals surface area contributed by atoms with Gasteiger partial charge in [-0.1, -0.05) is 0 Å². The van der Waals surface area contributed by atoms with Gasteiger partial charge >= 0.3 is 0 Å². The van der Waals surface area contributed by atoms with E-state index in [1.54, 1.807) is 12.1 Å². The maximum atomic E-state index is 12.8. The quantitative estimate of drug-likeness (QED) is 0.923. The van der Waals surface area contributed by atoms with Crippen molar-refractivity contribution in [3.63, 3.8) is 0 Å². The lowest BCUT2D eigenvalue weighted by Gasteiger charge is -2.33. The average Bonchev–Trinajstić information content (AvgIpc) is 3.34. The molecule has 22 heavy (non-hydrogen) atoms. The molecule has 1 aromatic carbocycles. The molecule has 0 aromatic heterocycles. The van der Waals surface area contributed by atoms with Crippen molar-refractivity contribution in [2.24, 2.45) is 11.7 Å². The third-order valence-electron chi connectivity index (χ3n) is 4.29. The third-order valence-corrected chi connectivity index (χ3v) is 4.29. The first-order valence-corrected chi connectivity index (χ1v) is 7.60. The Morgan fingerprint density at radius 1 is 1.18 bits per heavy atom. The number of amides is 1. The molecule has 0 spiro atoms. The molecule has 3 rings (SSSR count). The van der Waals surface area contributed by atoms with Crippen LogP contribution in [0.2, 0.25) is 0 Å². The lowest BCUT2D eigenvalue weighted by atomic mass is 10.1. The summed E-state index contributed by atoms with van der Waals surface area (Å²) >= 11 is 0. The number of halogens is 2. The average molecular weight is 329 g/mol. The second kappa shape index (κ2) is 7.29. The minimum absolute atomic E-state index is 0. The largest absolute Gasteiger partial charge is 0.490 e. The van der Waals surface area contributed by atoms with E-state index in [2.05, 4.69) is 0 Å². The monoisotopic (exact) mass is 328 g/mol. The number of ether oxygens (including phenoxy) is 1. The lowest BCUT2D eigenvalue weighted by Crippen LogP contribution is -2.49. The summed E-state index contributed by atoms with van der Waals surface area (Å²) in [7, 11) is 0. The highest BCUT2D eigenvalue weighted by atomic mass is 35.5. The second-order valence-corrected chi connectivity index (χ2v) is 5.96. The fourth-order valence-corrected chi connectivity index (χ4v) is 2.77. The van der Waals surface area contributed by atoms with Crippen molar-refractivity contribution in [2.75, 3.05) is 13.1 Å². The lowest BCUT2D eigenvalue weighted by molar-refractivity contribution is -0.134. The molecule has 1 aromatic rings. The van der Waals surface area contributed by atoms with Crippen molar-refractivity contribution < 1.29 is 13.9 Å². The van der Waals surface area contributed by atoms with Gasteiger partial charge in [-0.25, -0.2) is 4.39 Å². The van der Waals surface area contributed by atoms with Gasteiger partial charge in [-0.15, -0.1) is 12.4 Å². The second-order valence-electron chi connectivity index (χ2n) is 5.96. The van der Waals surface area contributed by atoms with E-state index in [9.17, 15) is 9.18 Å². The summed E-state index contributed by atoms with van der Waals surface area (Å²) in [4.78, 5) is 14.1. The van der Waals surface area contributed by atoms with Gasteiger partial charge in [-0.3, -0.25) is 4.79 Å². The molecular weight excluding hydrogens is 307 g/mol. The Kier molecular flexibility index (Phi) is 5.64. The van der Waals surface area contributed by atoms with Crippen LogP contribution in [0.1, 0.15) is 25.7 Å². The summed E-state index contributed by atoms with van der Waals surface area (Å²) in [5.41, 5.74) is 5.97. The number of benzene rings is 1. The maximum Gasteiger partial charge on any atom is 0.239 e. The number of likely N-dealkylation sites (tertiary alicyclic amines) is 1. The molecule has 1 atom stereocenters. The maximum absolute atomic E-state index is 12.8. The van der Waals surface area contributed by atoms with Crippen molar-refractivity contribution >= 4 is 18.3 Å². The number of rotatable bonds is 4. The molecule has 1 heterocycles. The Labute approximate surface area is 136 Å². The summed E-state index contributed by atoms with van der Waals surface area (Å²) in [5.74, 6) is 0.885. The number of carbonyl (C=O) groups excluding carboxylic acids is 1. The van der Waals surface area contributed by atoms with Crippen LogP contribution in [0, 0.1) is 11.7 Å². The Balaban J connectivity index is 0.00000176. The van der Waals surface area contributed by atoms with Crippen molar-refractivity contribution in [2.45, 2.75) is 37.8 Å². The molecule has 0 radical (unpaired) electrons. The molecule has 6 heteroatoms. The summed E-state index contributed by atoms with van der Waals surface area (Å²) < 4.78 is 18.7. The Morgan fingerprint density at radius 2 is 1.77 bits per heavy atom. The van der Waals surface area contributed by atoms with E-state index in [1.165, 1.54) is 12.1 Å². The Morgan fingerprint density at radius 3 is 2.32 bits per heavy atom. The van der Waals surface area contributed by atoms with Crippen LogP contribution in [0.3, 0.4) is 0 Å². The van der Waals surface area contributed by atoms with E-state index in [0.29, 0.717) is 24.8 Å². The smallest absolute Gasteiger partial charge is 0.239 e. The van der Waals surface area contributed by atoms with Crippen LogP contribution >= 0.6 is 12.4 Å². The van der Waals surface area contributed by atoms with Gasteiger partial charge < -0.3 is 15.4 Å². The van der Waals surface area contributed by atoms with Crippen LogP contribution in [0.5, 0.6) is 5.75 Å². The third kappa shape index (κ3) is 4.11. The minimum atomic E-state index is -0.320. The van der Waals surface area contributed by atoms with Gasteiger partial charge in [-0.05, 0) is 43.0 Å². The molecule has 1 aliphatic carbocycles. The van der Waals surface area contributed by atoms with Crippen LogP contribution < -0.4 is 10.5 Å². The first-order chi connectivity index (χ1) is 10.1. The predicted octanol–water partition coefficient (Wildman–Crippen LogP) is 2.35. The SMILES string of the molecule is Cl.N[C@H](C(=O)N1CCC(Oc2ccc(F)cc2)CC1)C1CC1. The Bertz CT molecular complexity index is 499. The van der Waals surface area contributed by atoms with Crippen LogP contribution in [-0.4, -0.2) is 36.0 Å². The number of carbonyl (C=O) groups is 1. The van der Waals surface area contributed by atoms with E-state index in [-0.39, 0.29) is 36.3 Å². The molecule has 2 fully saturated rings. The van der Waals surface area contributed by atoms with Gasteiger partial charge in [0, 0.05) is 25.9 Å². The van der Waals surface area contributed by atoms with Gasteiger partial charge in [0.15, 0.2) is 0 Å². The van der Waals surface area contributed by atoms with Gasteiger partial charge in [-0.2, -0.15) is 0 Å². The fourth-order valence-electron chi connectivity index (χ4n) is 2.77. The van der Waals surface area contributed by atoms with Crippen LogP contribution in [-0.2, 0) is 4.79 Å². The standard InChI is InChI=1S/C16H21FN2O2.ClH/c17-12-3-5-13(6-4-12)21-14-7-9-19(10-8-14)16(20)15(18)11-1-2-11;/h3-6,11,14-15H,1-2,7-10,18H2;1H/t15-;/m0./s1. The first-order valence-electron chi connectivity index (χ1n) is 7.60. The molecule has 0 unspecified atom stereocenters. The van der Waals surface area contributed by atoms with E-state index < -0.39 is 0 Å². The first kappa shape index (κ1) is 17.0. The van der Waals surface area contributed by atoms with Gasteiger partial charge in [0.1, 0.15) is 17.7 Å². The molecule has 1 amide bonds. The molecule has 0 bridgehead atoms. The molecule has 1 saturated heterocycles. The van der Waals surface area contributed by atoms with E-state index in [0.717, 1.165) is 25.7 Å². The molecule has 2 aliphatic rings. The minimum Gasteiger partial charge on any atom is -0.490 e. The van der Waals surface area contributed by atoms with E-state index in [1.807, 2.05) is 4.90 Å². The summed E-state index contributed by atoms with van der Waals surface area (Å²) in [6.07, 6.45) is 3.83. The summed E-state index contributed by atoms with van der Waals surface area (Å²) in [6.45, 7) is 1.37. The summed E-state index contributed by atoms with van der Waals surface area (Å²) in [6, 6.07) is 5.73. The number of hydrogen-bond donors (Lipinski definition) is 1. The topological polar surface area (TPSA) is 55.6 Å². The van der Waals surface area contributed by atoms with Crippen molar-refractivity contribution in [3.05, 3.63) is 30.1 Å². The van der Waals surface area contributed by atoms with E-state index >= 15 is 0 Å². The molecule has 2 N–H and O–H groups in total. The van der Waals surface area contributed by atoms with Crippen LogP contribution in [0.25, 0.3) is 0 Å². The molecular formula is C16H22ClFN2O2. The van der Waals surface area contributed by atoms with Gasteiger partial charge in [0.05, 0.1) is 6.04 Å². The Hall–Kier alpha value is -1.33. The van der Waals surface area contributed by atoms with Crippen LogP contribution in [0.15, 0.2) is 24.3 Å². The molecule has 122 valence electrons. The number of nitrogens with zero attached hydrogens (tertiary/aromatic N) is 1. The predicted molar refractivity (Wildman–Crippen MR) is 84.6 cm³/mol. The zero-order valence-corrected chi connectivity index (χ0v) is 13.2. The fraction of sp³-hybridized carbons (Fsp3) is 0.562. The zero-order chi connectivity index (χ0) is 14.8. The highest BCUT2D eigenvalue weighted by Crippen LogP contribution is 2.32. The number of hydrogen-bond acceptors (Lipinski definition) is 3.